The van der Waals surface area contributed by atoms with Gasteiger partial charge in [-0.2, -0.15) is 5.26 Å². The van der Waals surface area contributed by atoms with Crippen molar-refractivity contribution < 1.29 is 19.4 Å². The summed E-state index contributed by atoms with van der Waals surface area (Å²) in [6.07, 6.45) is 8.95. The summed E-state index contributed by atoms with van der Waals surface area (Å²) in [5, 5.41) is 23.5. The number of hydrogen-bond donors (Lipinski definition) is 1. The molecule has 0 unspecified atom stereocenters. The molecule has 6 heteroatoms. The van der Waals surface area contributed by atoms with Gasteiger partial charge in [0.25, 0.3) is 0 Å². The lowest BCUT2D eigenvalue weighted by Gasteiger charge is -2.25. The van der Waals surface area contributed by atoms with Crippen molar-refractivity contribution in [2.24, 2.45) is 23.7 Å². The number of carboxylic acid groups (broad SMARTS) is 1. The number of rotatable bonds is 20. The maximum atomic E-state index is 11.5. The summed E-state index contributed by atoms with van der Waals surface area (Å²) >= 11 is 0. The molecular formula is C80H74N2O4. The zero-order chi connectivity index (χ0) is 60.2. The van der Waals surface area contributed by atoms with E-state index in [9.17, 15) is 15.2 Å². The molecule has 1 N–H and O–H groups in total. The van der Waals surface area contributed by atoms with Crippen molar-refractivity contribution in [2.45, 2.75) is 92.9 Å². The molecule has 0 saturated heterocycles. The van der Waals surface area contributed by atoms with Crippen molar-refractivity contribution in [1.29, 1.82) is 5.26 Å². The van der Waals surface area contributed by atoms with E-state index in [2.05, 4.69) is 197 Å². The molecular weight excluding hydrogens is 1050 g/mol. The number of para-hydroxylation sites is 2. The maximum absolute atomic E-state index is 11.5. The summed E-state index contributed by atoms with van der Waals surface area (Å²) in [7, 11) is 0. The molecule has 0 heterocycles. The van der Waals surface area contributed by atoms with Gasteiger partial charge in [0.05, 0.1) is 35.5 Å². The van der Waals surface area contributed by atoms with E-state index in [1.807, 2.05) is 60.7 Å². The van der Waals surface area contributed by atoms with Gasteiger partial charge in [0.15, 0.2) is 0 Å². The lowest BCUT2D eigenvalue weighted by atomic mass is 9.91. The highest BCUT2D eigenvalue weighted by molar-refractivity contribution is 6.10. The van der Waals surface area contributed by atoms with Gasteiger partial charge in [0, 0.05) is 62.6 Å². The molecule has 9 rings (SSSR count). The van der Waals surface area contributed by atoms with Crippen molar-refractivity contribution in [1.82, 2.24) is 0 Å². The number of nitriles is 1. The molecule has 9 aromatic rings. The number of ether oxygens (including phenoxy) is 2. The molecule has 6 nitrogen and oxygen atoms in total. The van der Waals surface area contributed by atoms with Crippen LogP contribution in [0.1, 0.15) is 153 Å². The van der Waals surface area contributed by atoms with Gasteiger partial charge < -0.3 is 19.5 Å². The second kappa shape index (κ2) is 30.1. The minimum atomic E-state index is -1.02. The molecule has 0 radical (unpaired) electrons. The Balaban J connectivity index is 1.10. The minimum Gasteiger partial charge on any atom is -0.492 e. The Hall–Kier alpha value is -9.90. The van der Waals surface area contributed by atoms with Gasteiger partial charge in [-0.15, -0.1) is 0 Å². The molecule has 0 saturated carbocycles. The van der Waals surface area contributed by atoms with Crippen LogP contribution in [0.5, 0.6) is 11.5 Å². The van der Waals surface area contributed by atoms with Crippen molar-refractivity contribution in [3.05, 3.63) is 244 Å². The lowest BCUT2D eigenvalue weighted by Crippen LogP contribution is -2.09. The first-order valence-corrected chi connectivity index (χ1v) is 30.2. The number of carboxylic acids is 1. The second-order valence-electron chi connectivity index (χ2n) is 23.1. The Morgan fingerprint density at radius 1 is 0.419 bits per heavy atom. The average Bonchev–Trinajstić information content (AvgIpc) is 1.20. The van der Waals surface area contributed by atoms with Gasteiger partial charge >= 0.3 is 5.97 Å². The number of hydrogen-bond acceptors (Lipinski definition) is 5. The standard InChI is InChI=1S/C80H74N2O4/c1-57(2)20-17-22-59(5)48-50-85-78-55-66(79(86-51-49-60(6)23-18-21-58(3)4)54-65(78)41-36-61-38-44-71(45-39-61)82(69-26-9-7-10-27-69)70-28-11-8-12-29-70)43-47-77-74-32-15-13-30-72(74)76(73-31-14-16-33-75(73)77)46-42-64-40-37-63(53-68(64)56-81)35-34-62-24-19-25-67(52-62)80(83)84/h7-16,19,24-33,37-40,44-45,52-55,57-60H,17-18,20-23,48-51H2,1-6H3,(H,83,84)/t59-,60-/m1/s1. The number of benzene rings is 9. The van der Waals surface area contributed by atoms with Crippen LogP contribution in [0.15, 0.2) is 188 Å². The molecule has 0 aliphatic heterocycles. The van der Waals surface area contributed by atoms with Crippen molar-refractivity contribution >= 4 is 44.6 Å². The second-order valence-corrected chi connectivity index (χ2v) is 23.1. The quantitative estimate of drug-likeness (QED) is 0.0605. The highest BCUT2D eigenvalue weighted by Crippen LogP contribution is 2.36. The predicted octanol–water partition coefficient (Wildman–Crippen LogP) is 19.1. The zero-order valence-electron chi connectivity index (χ0n) is 50.3. The number of carbonyl (C=O) groups is 1. The molecule has 428 valence electrons. The van der Waals surface area contributed by atoms with Gasteiger partial charge in [-0.1, -0.05) is 218 Å². The van der Waals surface area contributed by atoms with E-state index in [0.29, 0.717) is 70.6 Å². The van der Waals surface area contributed by atoms with Crippen molar-refractivity contribution in [2.75, 3.05) is 18.1 Å². The fourth-order valence-corrected chi connectivity index (χ4v) is 10.6. The first-order valence-electron chi connectivity index (χ1n) is 30.2. The monoisotopic (exact) mass is 1130 g/mol. The Morgan fingerprint density at radius 3 is 1.33 bits per heavy atom. The molecule has 0 spiro atoms. The average molecular weight is 1130 g/mol. The van der Waals surface area contributed by atoms with Crippen molar-refractivity contribution in [3.8, 4) is 64.9 Å². The number of fused-ring (bicyclic) bond motifs is 2. The van der Waals surface area contributed by atoms with Crippen LogP contribution in [-0.4, -0.2) is 24.3 Å². The smallest absolute Gasteiger partial charge is 0.335 e. The van der Waals surface area contributed by atoms with E-state index in [4.69, 9.17) is 9.47 Å². The van der Waals surface area contributed by atoms with Crippen molar-refractivity contribution in [3.63, 3.8) is 0 Å². The minimum absolute atomic E-state index is 0.159. The first kappa shape index (κ1) is 60.7. The molecule has 0 fully saturated rings. The summed E-state index contributed by atoms with van der Waals surface area (Å²) in [5.74, 6) is 30.0. The molecule has 0 aliphatic carbocycles. The Morgan fingerprint density at radius 2 is 0.849 bits per heavy atom. The van der Waals surface area contributed by atoms with Crippen LogP contribution in [-0.2, 0) is 0 Å². The van der Waals surface area contributed by atoms with Gasteiger partial charge in [-0.05, 0) is 143 Å². The molecule has 86 heavy (non-hydrogen) atoms. The van der Waals surface area contributed by atoms with E-state index < -0.39 is 5.97 Å². The zero-order valence-corrected chi connectivity index (χ0v) is 50.3. The summed E-state index contributed by atoms with van der Waals surface area (Å²) in [5.41, 5.74) is 9.50. The van der Waals surface area contributed by atoms with Crippen LogP contribution >= 0.6 is 0 Å². The van der Waals surface area contributed by atoms with Crippen LogP contribution in [0, 0.1) is 82.4 Å². The fourth-order valence-electron chi connectivity index (χ4n) is 10.6. The molecule has 0 amide bonds. The highest BCUT2D eigenvalue weighted by atomic mass is 16.5. The van der Waals surface area contributed by atoms with Crippen LogP contribution in [0.2, 0.25) is 0 Å². The van der Waals surface area contributed by atoms with Gasteiger partial charge in [0.2, 0.25) is 0 Å². The van der Waals surface area contributed by atoms with Gasteiger partial charge in [0.1, 0.15) is 17.6 Å². The number of nitrogens with zero attached hydrogens (tertiary/aromatic N) is 2. The fraction of sp³-hybridized carbons (Fsp3) is 0.250. The Labute approximate surface area is 509 Å². The molecule has 9 aromatic carbocycles. The van der Waals surface area contributed by atoms with E-state index in [0.717, 1.165) is 92.1 Å². The summed E-state index contributed by atoms with van der Waals surface area (Å²) in [6.45, 7) is 14.9. The first-order chi connectivity index (χ1) is 41.9. The van der Waals surface area contributed by atoms with Crippen LogP contribution in [0.4, 0.5) is 17.1 Å². The van der Waals surface area contributed by atoms with Crippen LogP contribution < -0.4 is 14.4 Å². The van der Waals surface area contributed by atoms with E-state index in [1.165, 1.54) is 37.8 Å². The topological polar surface area (TPSA) is 82.8 Å². The van der Waals surface area contributed by atoms with Crippen LogP contribution in [0.25, 0.3) is 21.5 Å². The molecule has 0 aliphatic rings. The predicted molar refractivity (Wildman–Crippen MR) is 353 cm³/mol. The Bertz CT molecular complexity index is 4030. The summed E-state index contributed by atoms with van der Waals surface area (Å²) < 4.78 is 13.7. The number of anilines is 3. The molecule has 2 atom stereocenters. The Kier molecular flexibility index (Phi) is 21.2. The third-order valence-corrected chi connectivity index (χ3v) is 15.4. The normalized spacial score (nSPS) is 11.4. The molecule has 0 bridgehead atoms. The SMILES string of the molecule is CC(C)CCC[C@@H](C)CCOc1cc(C#Cc2c3ccccc3c(C#Cc3ccc(C#Cc4cccc(C(=O)O)c4)cc3C#N)c3ccccc23)c(OCC[C@H](C)CCCC(C)C)cc1C#Cc1ccc(N(c2ccccc2)c2ccccc2)cc1. The van der Waals surface area contributed by atoms with Crippen LogP contribution in [0.3, 0.4) is 0 Å². The van der Waals surface area contributed by atoms with E-state index >= 15 is 0 Å². The highest BCUT2D eigenvalue weighted by Gasteiger charge is 2.17. The lowest BCUT2D eigenvalue weighted by molar-refractivity contribution is 0.0696. The maximum Gasteiger partial charge on any atom is 0.335 e. The summed E-state index contributed by atoms with van der Waals surface area (Å²) in [4.78, 5) is 13.8. The van der Waals surface area contributed by atoms with E-state index in [1.54, 1.807) is 18.2 Å². The van der Waals surface area contributed by atoms with Gasteiger partial charge in [-0.25, -0.2) is 4.79 Å². The van der Waals surface area contributed by atoms with E-state index in [-0.39, 0.29) is 5.56 Å². The number of aromatic carboxylic acids is 1. The van der Waals surface area contributed by atoms with Gasteiger partial charge in [-0.3, -0.25) is 0 Å². The summed E-state index contributed by atoms with van der Waals surface area (Å²) in [6, 6.07) is 63.9. The third-order valence-electron chi connectivity index (χ3n) is 15.4. The molecule has 0 aromatic heterocycles. The largest absolute Gasteiger partial charge is 0.492 e. The third kappa shape index (κ3) is 16.5.